The number of methoxy groups -OCH3 is 1. The standard InChI is InChI=1S/C17H15BrN4O/c1-11-8-16(21-13-5-6-14(18)15(9-13)23-2)22-17(20-11)12-4-3-7-19-10-12/h3-10H,1-2H3,(H,20,21,22). The van der Waals surface area contributed by atoms with Crippen molar-refractivity contribution in [2.75, 3.05) is 12.4 Å². The highest BCUT2D eigenvalue weighted by atomic mass is 79.9. The van der Waals surface area contributed by atoms with E-state index in [1.165, 1.54) is 0 Å². The highest BCUT2D eigenvalue weighted by Gasteiger charge is 2.07. The Bertz CT molecular complexity index is 824. The van der Waals surface area contributed by atoms with E-state index in [-0.39, 0.29) is 0 Å². The van der Waals surface area contributed by atoms with Crippen LogP contribution in [0.4, 0.5) is 11.5 Å². The van der Waals surface area contributed by atoms with Gasteiger partial charge in [0, 0.05) is 41.5 Å². The summed E-state index contributed by atoms with van der Waals surface area (Å²) in [5.74, 6) is 2.12. The Morgan fingerprint density at radius 3 is 2.74 bits per heavy atom. The molecule has 23 heavy (non-hydrogen) atoms. The van der Waals surface area contributed by atoms with E-state index in [4.69, 9.17) is 4.74 Å². The summed E-state index contributed by atoms with van der Waals surface area (Å²) in [6, 6.07) is 11.5. The molecule has 0 radical (unpaired) electrons. The van der Waals surface area contributed by atoms with Gasteiger partial charge in [-0.3, -0.25) is 4.98 Å². The van der Waals surface area contributed by atoms with Gasteiger partial charge in [0.05, 0.1) is 11.6 Å². The molecule has 0 saturated heterocycles. The second-order valence-corrected chi connectivity index (χ2v) is 5.79. The number of hydrogen-bond acceptors (Lipinski definition) is 5. The number of aryl methyl sites for hydroxylation is 1. The number of ether oxygens (including phenoxy) is 1. The van der Waals surface area contributed by atoms with Gasteiger partial charge in [0.1, 0.15) is 11.6 Å². The number of pyridine rings is 1. The number of aromatic nitrogens is 3. The van der Waals surface area contributed by atoms with Crippen molar-refractivity contribution in [1.29, 1.82) is 0 Å². The third kappa shape index (κ3) is 3.65. The molecule has 0 atom stereocenters. The van der Waals surface area contributed by atoms with Crippen molar-refractivity contribution in [1.82, 2.24) is 15.0 Å². The third-order valence-electron chi connectivity index (χ3n) is 3.20. The molecular formula is C17H15BrN4O. The van der Waals surface area contributed by atoms with Crippen molar-refractivity contribution in [2.45, 2.75) is 6.92 Å². The van der Waals surface area contributed by atoms with Crippen LogP contribution in [0.1, 0.15) is 5.69 Å². The van der Waals surface area contributed by atoms with Crippen LogP contribution in [0.25, 0.3) is 11.4 Å². The molecule has 1 N–H and O–H groups in total. The predicted octanol–water partition coefficient (Wildman–Crippen LogP) is 4.36. The fourth-order valence-corrected chi connectivity index (χ4v) is 2.55. The fourth-order valence-electron chi connectivity index (χ4n) is 2.14. The SMILES string of the molecule is COc1cc(Nc2cc(C)nc(-c3cccnc3)n2)ccc1Br. The largest absolute Gasteiger partial charge is 0.495 e. The van der Waals surface area contributed by atoms with E-state index in [1.807, 2.05) is 43.3 Å². The van der Waals surface area contributed by atoms with Gasteiger partial charge in [-0.25, -0.2) is 9.97 Å². The molecular weight excluding hydrogens is 356 g/mol. The Balaban J connectivity index is 1.93. The molecule has 6 heteroatoms. The molecule has 0 fully saturated rings. The van der Waals surface area contributed by atoms with Crippen LogP contribution in [0.2, 0.25) is 0 Å². The van der Waals surface area contributed by atoms with Gasteiger partial charge in [0.15, 0.2) is 5.82 Å². The topological polar surface area (TPSA) is 59.9 Å². The van der Waals surface area contributed by atoms with Crippen LogP contribution >= 0.6 is 15.9 Å². The lowest BCUT2D eigenvalue weighted by atomic mass is 10.2. The monoisotopic (exact) mass is 370 g/mol. The van der Waals surface area contributed by atoms with Crippen molar-refractivity contribution in [3.05, 3.63) is 59.0 Å². The first kappa shape index (κ1) is 15.4. The van der Waals surface area contributed by atoms with E-state index in [1.54, 1.807) is 19.5 Å². The van der Waals surface area contributed by atoms with E-state index in [0.29, 0.717) is 5.82 Å². The number of benzene rings is 1. The van der Waals surface area contributed by atoms with Crippen molar-refractivity contribution in [3.8, 4) is 17.1 Å². The Morgan fingerprint density at radius 1 is 1.13 bits per heavy atom. The van der Waals surface area contributed by atoms with E-state index in [0.717, 1.165) is 33.0 Å². The molecule has 1 aromatic carbocycles. The van der Waals surface area contributed by atoms with Crippen LogP contribution < -0.4 is 10.1 Å². The van der Waals surface area contributed by atoms with Crippen molar-refractivity contribution in [2.24, 2.45) is 0 Å². The number of rotatable bonds is 4. The Kier molecular flexibility index (Phi) is 4.52. The maximum Gasteiger partial charge on any atom is 0.163 e. The van der Waals surface area contributed by atoms with Gasteiger partial charge in [0.2, 0.25) is 0 Å². The molecule has 0 saturated carbocycles. The zero-order valence-corrected chi connectivity index (χ0v) is 14.3. The van der Waals surface area contributed by atoms with Gasteiger partial charge >= 0.3 is 0 Å². The number of nitrogens with zero attached hydrogens (tertiary/aromatic N) is 3. The minimum atomic E-state index is 0.643. The maximum atomic E-state index is 5.31. The van der Waals surface area contributed by atoms with Crippen molar-refractivity contribution < 1.29 is 4.74 Å². The van der Waals surface area contributed by atoms with Crippen LogP contribution in [-0.2, 0) is 0 Å². The number of halogens is 1. The molecule has 0 aliphatic rings. The number of anilines is 2. The summed E-state index contributed by atoms with van der Waals surface area (Å²) in [6.45, 7) is 1.94. The molecule has 116 valence electrons. The normalized spacial score (nSPS) is 10.4. The molecule has 0 unspecified atom stereocenters. The minimum Gasteiger partial charge on any atom is -0.495 e. The minimum absolute atomic E-state index is 0.643. The van der Waals surface area contributed by atoms with E-state index in [2.05, 4.69) is 36.2 Å². The van der Waals surface area contributed by atoms with Gasteiger partial charge < -0.3 is 10.1 Å². The summed E-state index contributed by atoms with van der Waals surface area (Å²) >= 11 is 3.44. The summed E-state index contributed by atoms with van der Waals surface area (Å²) in [5.41, 5.74) is 2.65. The van der Waals surface area contributed by atoms with Gasteiger partial charge in [0.25, 0.3) is 0 Å². The van der Waals surface area contributed by atoms with Crippen LogP contribution in [0.3, 0.4) is 0 Å². The smallest absolute Gasteiger partial charge is 0.163 e. The predicted molar refractivity (Wildman–Crippen MR) is 94.0 cm³/mol. The summed E-state index contributed by atoms with van der Waals surface area (Å²) in [5, 5.41) is 3.28. The lowest BCUT2D eigenvalue weighted by molar-refractivity contribution is 0.412. The molecule has 0 spiro atoms. The molecule has 5 nitrogen and oxygen atoms in total. The Labute approximate surface area is 142 Å². The fraction of sp³-hybridized carbons (Fsp3) is 0.118. The van der Waals surface area contributed by atoms with Crippen LogP contribution in [-0.4, -0.2) is 22.1 Å². The molecule has 2 heterocycles. The highest BCUT2D eigenvalue weighted by Crippen LogP contribution is 2.29. The summed E-state index contributed by atoms with van der Waals surface area (Å²) in [6.07, 6.45) is 3.48. The molecule has 3 rings (SSSR count). The highest BCUT2D eigenvalue weighted by molar-refractivity contribution is 9.10. The first-order chi connectivity index (χ1) is 11.2. The van der Waals surface area contributed by atoms with Gasteiger partial charge in [-0.1, -0.05) is 0 Å². The molecule has 0 aliphatic heterocycles. The molecule has 0 bridgehead atoms. The second-order valence-electron chi connectivity index (χ2n) is 4.93. The first-order valence-electron chi connectivity index (χ1n) is 7.02. The third-order valence-corrected chi connectivity index (χ3v) is 3.85. The van der Waals surface area contributed by atoms with Gasteiger partial charge in [-0.2, -0.15) is 0 Å². The lowest BCUT2D eigenvalue weighted by Crippen LogP contribution is -1.99. The number of nitrogens with one attached hydrogen (secondary N) is 1. The Morgan fingerprint density at radius 2 is 2.00 bits per heavy atom. The van der Waals surface area contributed by atoms with Crippen LogP contribution in [0.15, 0.2) is 53.3 Å². The average Bonchev–Trinajstić information content (AvgIpc) is 2.57. The molecule has 3 aromatic rings. The summed E-state index contributed by atoms with van der Waals surface area (Å²) < 4.78 is 6.22. The van der Waals surface area contributed by atoms with Crippen molar-refractivity contribution >= 4 is 27.4 Å². The quantitative estimate of drug-likeness (QED) is 0.738. The Hall–Kier alpha value is -2.47. The second kappa shape index (κ2) is 6.75. The van der Waals surface area contributed by atoms with Gasteiger partial charge in [-0.05, 0) is 47.1 Å². The zero-order valence-electron chi connectivity index (χ0n) is 12.7. The lowest BCUT2D eigenvalue weighted by Gasteiger charge is -2.10. The van der Waals surface area contributed by atoms with E-state index >= 15 is 0 Å². The maximum absolute atomic E-state index is 5.31. The summed E-state index contributed by atoms with van der Waals surface area (Å²) in [4.78, 5) is 13.1. The summed E-state index contributed by atoms with van der Waals surface area (Å²) in [7, 11) is 1.64. The van der Waals surface area contributed by atoms with Crippen molar-refractivity contribution in [3.63, 3.8) is 0 Å². The first-order valence-corrected chi connectivity index (χ1v) is 7.81. The van der Waals surface area contributed by atoms with Gasteiger partial charge in [-0.15, -0.1) is 0 Å². The van der Waals surface area contributed by atoms with Crippen LogP contribution in [0.5, 0.6) is 5.75 Å². The molecule has 0 amide bonds. The van der Waals surface area contributed by atoms with Crippen LogP contribution in [0, 0.1) is 6.92 Å². The molecule has 0 aliphatic carbocycles. The molecule has 2 aromatic heterocycles. The average molecular weight is 371 g/mol. The van der Waals surface area contributed by atoms with E-state index < -0.39 is 0 Å². The number of hydrogen-bond donors (Lipinski definition) is 1. The zero-order chi connectivity index (χ0) is 16.2. The van der Waals surface area contributed by atoms with E-state index in [9.17, 15) is 0 Å².